The molecule has 6 nitrogen and oxygen atoms in total. The summed E-state index contributed by atoms with van der Waals surface area (Å²) >= 11 is 0. The lowest BCUT2D eigenvalue weighted by Crippen LogP contribution is -2.74. The molecule has 348 valence electrons. The summed E-state index contributed by atoms with van der Waals surface area (Å²) < 4.78 is 4.54. The van der Waals surface area contributed by atoms with E-state index in [1.54, 1.807) is 0 Å². The van der Waals surface area contributed by atoms with Gasteiger partial charge in [0.25, 0.3) is 0 Å². The maximum absolute atomic E-state index is 5.68. The molecular weight excluding hydrogens is 928 g/mol. The highest BCUT2D eigenvalue weighted by Gasteiger charge is 2.43. The summed E-state index contributed by atoms with van der Waals surface area (Å²) in [4.78, 5) is 19.4. The van der Waals surface area contributed by atoms with Crippen LogP contribution in [-0.4, -0.2) is 38.9 Å². The average Bonchev–Trinajstić information content (AvgIpc) is 4.08. The van der Waals surface area contributed by atoms with Crippen molar-refractivity contribution in [2.75, 3.05) is 4.90 Å². The third kappa shape index (κ3) is 5.94. The maximum Gasteiger partial charge on any atom is 0.248 e. The Balaban J connectivity index is 0.997. The van der Waals surface area contributed by atoms with Crippen molar-refractivity contribution >= 4 is 123 Å². The van der Waals surface area contributed by atoms with Crippen molar-refractivity contribution in [2.24, 2.45) is 0 Å². The van der Waals surface area contributed by atoms with Crippen LogP contribution in [0.25, 0.3) is 77.7 Å². The highest BCUT2D eigenvalue weighted by molar-refractivity contribution is 7.20. The maximum atomic E-state index is 5.68. The van der Waals surface area contributed by atoms with Crippen LogP contribution in [0.3, 0.4) is 0 Å². The van der Waals surface area contributed by atoms with E-state index in [4.69, 9.17) is 15.0 Å². The number of para-hydroxylation sites is 4. The van der Waals surface area contributed by atoms with Gasteiger partial charge in [-0.15, -0.1) is 0 Å². The molecule has 3 aromatic heterocycles. The Morgan fingerprint density at radius 2 is 0.853 bits per heavy atom. The monoisotopic (exact) mass is 970 g/mol. The van der Waals surface area contributed by atoms with Crippen LogP contribution in [0.1, 0.15) is 0 Å². The fourth-order valence-electron chi connectivity index (χ4n) is 13.1. The first kappa shape index (κ1) is 41.9. The molecule has 0 fully saturated rings. The fourth-order valence-corrected chi connectivity index (χ4v) is 17.9. The number of rotatable bonds is 8. The first-order valence-electron chi connectivity index (χ1n) is 25.7. The lowest BCUT2D eigenvalue weighted by Gasteiger charge is -2.39. The molecule has 0 amide bonds. The van der Waals surface area contributed by atoms with E-state index in [1.807, 2.05) is 0 Å². The molecule has 0 saturated heterocycles. The molecular formula is C67H43BN6Si. The van der Waals surface area contributed by atoms with Crippen LogP contribution in [0.5, 0.6) is 0 Å². The highest BCUT2D eigenvalue weighted by atomic mass is 28.3. The van der Waals surface area contributed by atoms with Crippen molar-refractivity contribution in [2.45, 2.75) is 0 Å². The number of hydrogen-bond acceptors (Lipinski definition) is 4. The lowest BCUT2D eigenvalue weighted by atomic mass is 9.33. The lowest BCUT2D eigenvalue weighted by molar-refractivity contribution is 0.893. The van der Waals surface area contributed by atoms with E-state index in [2.05, 4.69) is 275 Å². The van der Waals surface area contributed by atoms with Gasteiger partial charge in [0.05, 0.1) is 22.1 Å². The molecule has 11 aromatic carbocycles. The van der Waals surface area contributed by atoms with Crippen LogP contribution in [0, 0.1) is 0 Å². The molecule has 0 bridgehead atoms. The van der Waals surface area contributed by atoms with Crippen molar-refractivity contribution in [3.8, 4) is 23.3 Å². The minimum Gasteiger partial charge on any atom is -0.312 e. The van der Waals surface area contributed by atoms with Gasteiger partial charge in [-0.1, -0.05) is 218 Å². The molecule has 0 atom stereocenters. The van der Waals surface area contributed by atoms with Gasteiger partial charge in [0.2, 0.25) is 18.6 Å². The zero-order valence-electron chi connectivity index (χ0n) is 40.6. The molecule has 0 saturated carbocycles. The standard InChI is InChI=1S/C67H43BN6Si/c1-5-22-46(23-6-1)72-57-37-18-15-33-53(57)68-54-34-20-38-58-62(54)63-59(41-39-44-40-42-60(72)64(68)61(44)63)74(58)67-70-65(69-66(71-67)73-55-35-16-13-31-51(55)52-32-14-17-36-56(52)73)45-21-19-30-50(43-45)75(47-24-7-2-8-25-47,48-26-9-3-10-27-48)49-28-11-4-12-29-49/h1-43H. The normalized spacial score (nSPS) is 12.7. The molecule has 2 aliphatic heterocycles. The molecule has 14 aromatic rings. The summed E-state index contributed by atoms with van der Waals surface area (Å²) in [5.74, 6) is 1.72. The third-order valence-electron chi connectivity index (χ3n) is 16.1. The van der Waals surface area contributed by atoms with Gasteiger partial charge in [0.15, 0.2) is 13.9 Å². The van der Waals surface area contributed by atoms with Crippen LogP contribution in [0.4, 0.5) is 17.1 Å². The van der Waals surface area contributed by atoms with E-state index >= 15 is 0 Å². The Bertz CT molecular complexity index is 4460. The highest BCUT2D eigenvalue weighted by Crippen LogP contribution is 2.44. The molecule has 0 radical (unpaired) electrons. The first-order valence-corrected chi connectivity index (χ1v) is 27.7. The van der Waals surface area contributed by atoms with E-state index in [-0.39, 0.29) is 6.71 Å². The van der Waals surface area contributed by atoms with Gasteiger partial charge in [-0.25, -0.2) is 0 Å². The van der Waals surface area contributed by atoms with E-state index in [1.165, 1.54) is 70.1 Å². The smallest absolute Gasteiger partial charge is 0.248 e. The van der Waals surface area contributed by atoms with Crippen molar-refractivity contribution < 1.29 is 0 Å². The summed E-state index contributed by atoms with van der Waals surface area (Å²) in [6.07, 6.45) is 0. The molecule has 16 rings (SSSR count). The minimum absolute atomic E-state index is 0.0191. The number of aromatic nitrogens is 5. The van der Waals surface area contributed by atoms with Gasteiger partial charge in [-0.2, -0.15) is 15.0 Å². The topological polar surface area (TPSA) is 51.8 Å². The zero-order chi connectivity index (χ0) is 49.2. The van der Waals surface area contributed by atoms with E-state index in [0.717, 1.165) is 44.1 Å². The van der Waals surface area contributed by atoms with Crippen LogP contribution >= 0.6 is 0 Å². The van der Waals surface area contributed by atoms with Gasteiger partial charge in [-0.3, -0.25) is 9.13 Å². The summed E-state index contributed by atoms with van der Waals surface area (Å²) in [6, 6.07) is 95.3. The SMILES string of the molecule is c1ccc(N2c3ccccc3B3c4c2ccc2ccc5c(c42)c2c3cccc2n5-c2nc(-c3cccc([Si](c4ccccc4)(c4ccccc4)c4ccccc4)c3)nc(-n3c4ccccc4c4ccccc43)n2)cc1. The van der Waals surface area contributed by atoms with Crippen LogP contribution in [0.2, 0.25) is 0 Å². The molecule has 0 spiro atoms. The Morgan fingerprint density at radius 3 is 1.52 bits per heavy atom. The molecule has 0 unspecified atom stereocenters. The van der Waals surface area contributed by atoms with E-state index in [0.29, 0.717) is 17.7 Å². The summed E-state index contributed by atoms with van der Waals surface area (Å²) in [5, 5.41) is 12.4. The predicted molar refractivity (Wildman–Crippen MR) is 314 cm³/mol. The fraction of sp³-hybridized carbons (Fsp3) is 0. The van der Waals surface area contributed by atoms with E-state index in [9.17, 15) is 0 Å². The molecule has 75 heavy (non-hydrogen) atoms. The zero-order valence-corrected chi connectivity index (χ0v) is 41.6. The molecule has 5 heterocycles. The third-order valence-corrected chi connectivity index (χ3v) is 20.9. The Kier molecular flexibility index (Phi) is 9.05. The molecule has 0 N–H and O–H groups in total. The second-order valence-corrected chi connectivity index (χ2v) is 23.7. The number of benzene rings is 11. The number of hydrogen-bond donors (Lipinski definition) is 0. The van der Waals surface area contributed by atoms with Crippen LogP contribution in [0.15, 0.2) is 261 Å². The number of anilines is 3. The first-order chi connectivity index (χ1) is 37.2. The van der Waals surface area contributed by atoms with Crippen molar-refractivity contribution in [3.63, 3.8) is 0 Å². The Morgan fingerprint density at radius 1 is 0.347 bits per heavy atom. The van der Waals surface area contributed by atoms with Crippen LogP contribution < -0.4 is 42.0 Å². The van der Waals surface area contributed by atoms with Gasteiger partial charge < -0.3 is 4.90 Å². The van der Waals surface area contributed by atoms with Crippen molar-refractivity contribution in [1.82, 2.24) is 24.1 Å². The number of fused-ring (bicyclic) bond motifs is 6. The second-order valence-electron chi connectivity index (χ2n) is 19.9. The van der Waals surface area contributed by atoms with Crippen LogP contribution in [-0.2, 0) is 0 Å². The second kappa shape index (κ2) is 16.2. The summed E-state index contributed by atoms with van der Waals surface area (Å²) in [5.41, 5.74) is 12.6. The molecule has 8 heteroatoms. The summed E-state index contributed by atoms with van der Waals surface area (Å²) in [7, 11) is -2.92. The minimum atomic E-state index is -2.92. The van der Waals surface area contributed by atoms with Crippen molar-refractivity contribution in [3.05, 3.63) is 261 Å². The average molecular weight is 971 g/mol. The molecule has 2 aliphatic rings. The number of nitrogens with zero attached hydrogens (tertiary/aromatic N) is 6. The van der Waals surface area contributed by atoms with Gasteiger partial charge >= 0.3 is 0 Å². The molecule has 0 aliphatic carbocycles. The van der Waals surface area contributed by atoms with Gasteiger partial charge in [-0.05, 0) is 91.0 Å². The Labute approximate surface area is 434 Å². The summed E-state index contributed by atoms with van der Waals surface area (Å²) in [6.45, 7) is 0.0191. The Hall–Kier alpha value is -9.63. The largest absolute Gasteiger partial charge is 0.312 e. The predicted octanol–water partition coefficient (Wildman–Crippen LogP) is 10.9. The van der Waals surface area contributed by atoms with Gasteiger partial charge in [0.1, 0.15) is 0 Å². The quantitative estimate of drug-likeness (QED) is 0.112. The van der Waals surface area contributed by atoms with Crippen molar-refractivity contribution in [1.29, 1.82) is 0 Å². The van der Waals surface area contributed by atoms with Gasteiger partial charge in [0, 0.05) is 44.2 Å². The van der Waals surface area contributed by atoms with E-state index < -0.39 is 8.07 Å².